The van der Waals surface area contributed by atoms with Gasteiger partial charge in [-0.1, -0.05) is 29.8 Å². The zero-order valence-electron chi connectivity index (χ0n) is 11.1. The fourth-order valence-electron chi connectivity index (χ4n) is 2.10. The molecule has 0 aliphatic heterocycles. The first-order valence-electron chi connectivity index (χ1n) is 6.19. The van der Waals surface area contributed by atoms with Gasteiger partial charge in [0.05, 0.1) is 9.50 Å². The summed E-state index contributed by atoms with van der Waals surface area (Å²) in [5.74, 6) is -2.40. The lowest BCUT2D eigenvalue weighted by Gasteiger charge is -2.19. The Hall–Kier alpha value is -1.04. The summed E-state index contributed by atoms with van der Waals surface area (Å²) in [5, 5.41) is 3.01. The highest BCUT2D eigenvalue weighted by atomic mass is 79.9. The summed E-state index contributed by atoms with van der Waals surface area (Å²) in [6.45, 7) is 0. The smallest absolute Gasteiger partial charge is 0.173 e. The van der Waals surface area contributed by atoms with E-state index in [1.807, 2.05) is 0 Å². The Balaban J connectivity index is 2.37. The number of rotatable bonds is 4. The van der Waals surface area contributed by atoms with Gasteiger partial charge in [-0.25, -0.2) is 13.2 Å². The molecular weight excluding hydrogens is 367 g/mol. The molecule has 112 valence electrons. The van der Waals surface area contributed by atoms with Gasteiger partial charge in [0.2, 0.25) is 0 Å². The lowest BCUT2D eigenvalue weighted by molar-refractivity contribution is 0.493. The average molecular weight is 379 g/mol. The molecule has 0 bridgehead atoms. The lowest BCUT2D eigenvalue weighted by atomic mass is 9.98. The molecule has 6 heteroatoms. The van der Waals surface area contributed by atoms with Crippen molar-refractivity contribution in [2.45, 2.75) is 12.5 Å². The first kappa shape index (κ1) is 16.3. The van der Waals surface area contributed by atoms with Gasteiger partial charge in [0, 0.05) is 6.04 Å². The lowest BCUT2D eigenvalue weighted by Crippen LogP contribution is -2.20. The van der Waals surface area contributed by atoms with Crippen LogP contribution in [-0.4, -0.2) is 7.05 Å². The molecule has 2 rings (SSSR count). The quantitative estimate of drug-likeness (QED) is 0.736. The van der Waals surface area contributed by atoms with Gasteiger partial charge in [-0.15, -0.1) is 0 Å². The maximum Gasteiger partial charge on any atom is 0.173 e. The minimum absolute atomic E-state index is 0.0317. The third-order valence-corrected chi connectivity index (χ3v) is 4.34. The van der Waals surface area contributed by atoms with Crippen LogP contribution in [0.2, 0.25) is 5.02 Å². The number of benzene rings is 2. The van der Waals surface area contributed by atoms with Crippen LogP contribution in [-0.2, 0) is 6.42 Å². The van der Waals surface area contributed by atoms with Crippen molar-refractivity contribution in [3.05, 3.63) is 68.4 Å². The maximum absolute atomic E-state index is 14.0. The van der Waals surface area contributed by atoms with E-state index in [0.717, 1.165) is 6.07 Å². The SMILES string of the molecule is CNC(Cc1cccc(Cl)c1F)c1ccc(F)c(F)c1Br. The number of likely N-dealkylation sites (N-methyl/N-ethyl adjacent to an activating group) is 1. The fraction of sp³-hybridized carbons (Fsp3) is 0.200. The highest BCUT2D eigenvalue weighted by Gasteiger charge is 2.20. The number of hydrogen-bond donors (Lipinski definition) is 1. The Labute approximate surface area is 134 Å². The molecule has 1 atom stereocenters. The van der Waals surface area contributed by atoms with Gasteiger partial charge in [0.1, 0.15) is 5.82 Å². The van der Waals surface area contributed by atoms with E-state index in [4.69, 9.17) is 11.6 Å². The molecule has 0 aliphatic rings. The van der Waals surface area contributed by atoms with E-state index in [1.165, 1.54) is 12.1 Å². The molecule has 0 radical (unpaired) electrons. The molecule has 2 aromatic carbocycles. The van der Waals surface area contributed by atoms with Crippen LogP contribution in [0.3, 0.4) is 0 Å². The molecule has 0 saturated carbocycles. The summed E-state index contributed by atoms with van der Waals surface area (Å²) >= 11 is 8.79. The topological polar surface area (TPSA) is 12.0 Å². The summed E-state index contributed by atoms with van der Waals surface area (Å²) in [6.07, 6.45) is 0.257. The molecule has 0 amide bonds. The summed E-state index contributed by atoms with van der Waals surface area (Å²) < 4.78 is 40.8. The van der Waals surface area contributed by atoms with E-state index in [1.54, 1.807) is 19.2 Å². The Morgan fingerprint density at radius 1 is 1.14 bits per heavy atom. The molecular formula is C15H12BrClF3N. The molecule has 1 N–H and O–H groups in total. The number of halogens is 5. The zero-order chi connectivity index (χ0) is 15.6. The highest BCUT2D eigenvalue weighted by Crippen LogP contribution is 2.31. The van der Waals surface area contributed by atoms with Crippen molar-refractivity contribution in [2.24, 2.45) is 0 Å². The van der Waals surface area contributed by atoms with E-state index < -0.39 is 17.5 Å². The van der Waals surface area contributed by atoms with Gasteiger partial charge in [-0.2, -0.15) is 0 Å². The summed E-state index contributed by atoms with van der Waals surface area (Å²) in [4.78, 5) is 0. The molecule has 1 nitrogen and oxygen atoms in total. The molecule has 2 aromatic rings. The Bertz CT molecular complexity index is 664. The van der Waals surface area contributed by atoms with Gasteiger partial charge < -0.3 is 5.32 Å². The monoisotopic (exact) mass is 377 g/mol. The highest BCUT2D eigenvalue weighted by molar-refractivity contribution is 9.10. The predicted molar refractivity (Wildman–Crippen MR) is 81.0 cm³/mol. The van der Waals surface area contributed by atoms with Gasteiger partial charge in [0.15, 0.2) is 11.6 Å². The predicted octanol–water partition coefficient (Wildman–Crippen LogP) is 5.02. The van der Waals surface area contributed by atoms with Gasteiger partial charge >= 0.3 is 0 Å². The van der Waals surface area contributed by atoms with Crippen LogP contribution in [0.15, 0.2) is 34.8 Å². The van der Waals surface area contributed by atoms with Crippen LogP contribution in [0.5, 0.6) is 0 Å². The average Bonchev–Trinajstić information content (AvgIpc) is 2.47. The van der Waals surface area contributed by atoms with Crippen molar-refractivity contribution in [2.75, 3.05) is 7.05 Å². The van der Waals surface area contributed by atoms with Crippen LogP contribution in [0, 0.1) is 17.5 Å². The van der Waals surface area contributed by atoms with Gasteiger partial charge in [-0.3, -0.25) is 0 Å². The van der Waals surface area contributed by atoms with E-state index in [2.05, 4.69) is 21.2 Å². The standard InChI is InChI=1S/C15H12BrClF3N/c1-21-12(7-8-3-2-4-10(17)14(8)19)9-5-6-11(18)15(20)13(9)16/h2-6,12,21H,7H2,1H3. The van der Waals surface area contributed by atoms with Crippen LogP contribution in [0.25, 0.3) is 0 Å². The molecule has 0 aromatic heterocycles. The number of hydrogen-bond acceptors (Lipinski definition) is 1. The molecule has 0 heterocycles. The van der Waals surface area contributed by atoms with Crippen molar-refractivity contribution in [1.82, 2.24) is 5.32 Å². The van der Waals surface area contributed by atoms with Crippen LogP contribution < -0.4 is 5.32 Å². The van der Waals surface area contributed by atoms with Crippen molar-refractivity contribution in [1.29, 1.82) is 0 Å². The van der Waals surface area contributed by atoms with Crippen LogP contribution in [0.1, 0.15) is 17.2 Å². The zero-order valence-corrected chi connectivity index (χ0v) is 13.4. The van der Waals surface area contributed by atoms with E-state index in [9.17, 15) is 13.2 Å². The van der Waals surface area contributed by atoms with E-state index in [-0.39, 0.29) is 22.0 Å². The van der Waals surface area contributed by atoms with E-state index in [0.29, 0.717) is 11.1 Å². The second-order valence-corrected chi connectivity index (χ2v) is 5.72. The minimum atomic E-state index is -0.959. The second kappa shape index (κ2) is 6.81. The second-order valence-electron chi connectivity index (χ2n) is 4.52. The first-order chi connectivity index (χ1) is 9.95. The van der Waals surface area contributed by atoms with Gasteiger partial charge in [0.25, 0.3) is 0 Å². The normalized spacial score (nSPS) is 12.5. The summed E-state index contributed by atoms with van der Waals surface area (Å²) in [5.41, 5.74) is 0.911. The molecule has 1 unspecified atom stereocenters. The minimum Gasteiger partial charge on any atom is -0.313 e. The van der Waals surface area contributed by atoms with Crippen molar-refractivity contribution in [3.8, 4) is 0 Å². The number of nitrogens with one attached hydrogen (secondary N) is 1. The molecule has 0 aliphatic carbocycles. The van der Waals surface area contributed by atoms with Crippen LogP contribution >= 0.6 is 27.5 Å². The largest absolute Gasteiger partial charge is 0.313 e. The third-order valence-electron chi connectivity index (χ3n) is 3.24. The summed E-state index contributed by atoms with van der Waals surface area (Å²) in [7, 11) is 1.67. The summed E-state index contributed by atoms with van der Waals surface area (Å²) in [6, 6.07) is 6.85. The first-order valence-corrected chi connectivity index (χ1v) is 7.36. The Morgan fingerprint density at radius 3 is 2.52 bits per heavy atom. The molecule has 0 spiro atoms. The Kier molecular flexibility index (Phi) is 5.30. The molecule has 0 fully saturated rings. The van der Waals surface area contributed by atoms with Crippen molar-refractivity contribution >= 4 is 27.5 Å². The fourth-order valence-corrected chi connectivity index (χ4v) is 2.90. The van der Waals surface area contributed by atoms with Crippen molar-refractivity contribution in [3.63, 3.8) is 0 Å². The van der Waals surface area contributed by atoms with E-state index >= 15 is 0 Å². The third kappa shape index (κ3) is 3.42. The molecule has 0 saturated heterocycles. The van der Waals surface area contributed by atoms with Gasteiger partial charge in [-0.05, 0) is 52.7 Å². The molecule has 21 heavy (non-hydrogen) atoms. The Morgan fingerprint density at radius 2 is 1.86 bits per heavy atom. The maximum atomic E-state index is 14.0. The van der Waals surface area contributed by atoms with Crippen LogP contribution in [0.4, 0.5) is 13.2 Å². The van der Waals surface area contributed by atoms with Crippen molar-refractivity contribution < 1.29 is 13.2 Å².